The van der Waals surface area contributed by atoms with E-state index in [1.165, 1.54) is 56.4 Å². The highest BCUT2D eigenvalue weighted by Crippen LogP contribution is 2.60. The van der Waals surface area contributed by atoms with E-state index >= 15 is 0 Å². The van der Waals surface area contributed by atoms with Crippen molar-refractivity contribution in [1.82, 2.24) is 0 Å². The average Bonchev–Trinajstić information content (AvgIpc) is 2.84. The maximum Gasteiger partial charge on any atom is 0.338 e. The topological polar surface area (TPSA) is 61.8 Å². The third-order valence-corrected chi connectivity index (χ3v) is 8.02. The van der Waals surface area contributed by atoms with Crippen molar-refractivity contribution in [3.8, 4) is 5.75 Å². The van der Waals surface area contributed by atoms with Crippen molar-refractivity contribution in [3.63, 3.8) is 0 Å². The Morgan fingerprint density at radius 2 is 1.63 bits per heavy atom. The number of methoxy groups -OCH3 is 1. The minimum Gasteiger partial charge on any atom is -0.465 e. The lowest BCUT2D eigenvalue weighted by molar-refractivity contribution is -0.114. The van der Waals surface area contributed by atoms with Crippen LogP contribution in [-0.4, -0.2) is 32.1 Å². The Morgan fingerprint density at radius 3 is 2.29 bits per heavy atom. The molecule has 0 spiro atoms. The number of carbonyl (C=O) groups excluding carboxylic acids is 2. The minimum absolute atomic E-state index is 0.0971. The molecule has 4 saturated carbocycles. The Labute approximate surface area is 207 Å². The molecule has 4 aliphatic carbocycles. The molecule has 184 valence electrons. The number of carbonyl (C=O) groups is 2. The van der Waals surface area contributed by atoms with Crippen LogP contribution in [0.15, 0.2) is 60.9 Å². The Hall–Kier alpha value is -2.92. The maximum atomic E-state index is 12.4. The quantitative estimate of drug-likeness (QED) is 0.192. The average molecular weight is 475 g/mol. The fraction of sp³-hybridized carbons (Fsp3) is 0.467. The van der Waals surface area contributed by atoms with Gasteiger partial charge in [-0.3, -0.25) is 4.79 Å². The number of rotatable bonds is 10. The van der Waals surface area contributed by atoms with E-state index in [0.717, 1.165) is 29.1 Å². The van der Waals surface area contributed by atoms with Crippen LogP contribution in [0.4, 0.5) is 0 Å². The first-order valence-electron chi connectivity index (χ1n) is 12.7. The van der Waals surface area contributed by atoms with Gasteiger partial charge in [-0.1, -0.05) is 24.3 Å². The predicted molar refractivity (Wildman–Crippen MR) is 133 cm³/mol. The first-order chi connectivity index (χ1) is 17.0. The van der Waals surface area contributed by atoms with Gasteiger partial charge >= 0.3 is 5.97 Å². The van der Waals surface area contributed by atoms with Crippen LogP contribution in [0.2, 0.25) is 0 Å². The molecule has 2 aromatic carbocycles. The van der Waals surface area contributed by atoms with Gasteiger partial charge in [0.2, 0.25) is 0 Å². The molecule has 0 atom stereocenters. The van der Waals surface area contributed by atoms with Crippen LogP contribution in [0.3, 0.4) is 0 Å². The maximum absolute atomic E-state index is 12.4. The third kappa shape index (κ3) is 5.51. The molecule has 0 N–H and O–H groups in total. The summed E-state index contributed by atoms with van der Waals surface area (Å²) in [6.45, 7) is 0.543. The largest absolute Gasteiger partial charge is 0.465 e. The summed E-state index contributed by atoms with van der Waals surface area (Å²) in [6.07, 6.45) is 11.5. The predicted octanol–water partition coefficient (Wildman–Crippen LogP) is 5.66. The number of hydrogen-bond donors (Lipinski definition) is 0. The van der Waals surface area contributed by atoms with Crippen molar-refractivity contribution in [2.24, 2.45) is 17.8 Å². The monoisotopic (exact) mass is 474 g/mol. The summed E-state index contributed by atoms with van der Waals surface area (Å²) in [4.78, 5) is 24.5. The summed E-state index contributed by atoms with van der Waals surface area (Å²) in [5.41, 5.74) is 3.01. The molecule has 0 saturated heterocycles. The van der Waals surface area contributed by atoms with Gasteiger partial charge in [0.05, 0.1) is 18.4 Å². The van der Waals surface area contributed by atoms with Crippen LogP contribution in [0.5, 0.6) is 5.75 Å². The van der Waals surface area contributed by atoms with Gasteiger partial charge in [-0.2, -0.15) is 0 Å². The van der Waals surface area contributed by atoms with Crippen molar-refractivity contribution in [2.75, 3.05) is 20.3 Å². The van der Waals surface area contributed by atoms with Crippen molar-refractivity contribution < 1.29 is 23.8 Å². The second-order valence-corrected chi connectivity index (χ2v) is 10.6. The number of benzene rings is 2. The van der Waals surface area contributed by atoms with E-state index in [2.05, 4.69) is 12.1 Å². The van der Waals surface area contributed by atoms with Gasteiger partial charge in [0.15, 0.2) is 5.78 Å². The SMILES string of the molecule is COCCOC(=O)c1cccc(CC(=O)/C=C/Oc2ccc(C34CC5CC(CC(C5)C3)C4)cc2)c1. The van der Waals surface area contributed by atoms with Gasteiger partial charge in [-0.05, 0) is 97.1 Å². The molecule has 4 aliphatic rings. The number of allylic oxidation sites excluding steroid dienone is 1. The van der Waals surface area contributed by atoms with Crippen LogP contribution in [0.25, 0.3) is 0 Å². The molecule has 4 fully saturated rings. The first-order valence-corrected chi connectivity index (χ1v) is 12.7. The van der Waals surface area contributed by atoms with Gasteiger partial charge in [0, 0.05) is 19.6 Å². The molecule has 0 unspecified atom stereocenters. The van der Waals surface area contributed by atoms with Crippen LogP contribution < -0.4 is 4.74 Å². The van der Waals surface area contributed by atoms with E-state index in [1.54, 1.807) is 25.3 Å². The highest BCUT2D eigenvalue weighted by atomic mass is 16.6. The lowest BCUT2D eigenvalue weighted by Gasteiger charge is -2.57. The lowest BCUT2D eigenvalue weighted by atomic mass is 9.48. The summed E-state index contributed by atoms with van der Waals surface area (Å²) >= 11 is 0. The second kappa shape index (κ2) is 10.4. The molecule has 5 nitrogen and oxygen atoms in total. The van der Waals surface area contributed by atoms with Crippen LogP contribution >= 0.6 is 0 Å². The van der Waals surface area contributed by atoms with Crippen molar-refractivity contribution in [2.45, 2.75) is 50.4 Å². The van der Waals surface area contributed by atoms with E-state index in [0.29, 0.717) is 17.6 Å². The molecule has 0 radical (unpaired) electrons. The Morgan fingerprint density at radius 1 is 0.943 bits per heavy atom. The molecule has 5 heteroatoms. The molecule has 0 aromatic heterocycles. The fourth-order valence-electron chi connectivity index (χ4n) is 6.91. The molecule has 6 rings (SSSR count). The van der Waals surface area contributed by atoms with Gasteiger partial charge in [-0.25, -0.2) is 4.79 Å². The minimum atomic E-state index is -0.424. The highest BCUT2D eigenvalue weighted by Gasteiger charge is 2.51. The molecule has 0 heterocycles. The zero-order valence-electron chi connectivity index (χ0n) is 20.4. The van der Waals surface area contributed by atoms with Crippen molar-refractivity contribution >= 4 is 11.8 Å². The summed E-state index contributed by atoms with van der Waals surface area (Å²) in [5, 5.41) is 0. The van der Waals surface area contributed by atoms with Crippen LogP contribution in [0.1, 0.15) is 60.0 Å². The second-order valence-electron chi connectivity index (χ2n) is 10.6. The van der Waals surface area contributed by atoms with E-state index in [4.69, 9.17) is 14.2 Å². The van der Waals surface area contributed by atoms with Crippen molar-refractivity contribution in [1.29, 1.82) is 0 Å². The highest BCUT2D eigenvalue weighted by molar-refractivity contribution is 5.93. The van der Waals surface area contributed by atoms with E-state index in [-0.39, 0.29) is 18.8 Å². The van der Waals surface area contributed by atoms with Crippen LogP contribution in [-0.2, 0) is 26.1 Å². The fourth-order valence-corrected chi connectivity index (χ4v) is 6.91. The molecule has 0 aliphatic heterocycles. The molecular formula is C30H34O5. The zero-order valence-corrected chi connectivity index (χ0v) is 20.4. The van der Waals surface area contributed by atoms with Gasteiger partial charge < -0.3 is 14.2 Å². The standard InChI is InChI=1S/C30H34O5/c1-33-11-12-35-29(32)25-4-2-3-21(16-25)17-27(31)9-10-34-28-7-5-26(6-8-28)30-18-22-13-23(19-30)15-24(14-22)20-30/h2-10,16,22-24H,11-15,17-20H2,1H3/b10-9+. The molecule has 0 amide bonds. The van der Waals surface area contributed by atoms with Crippen molar-refractivity contribution in [3.05, 3.63) is 77.6 Å². The molecule has 4 bridgehead atoms. The van der Waals surface area contributed by atoms with Gasteiger partial charge in [0.25, 0.3) is 0 Å². The van der Waals surface area contributed by atoms with Gasteiger partial charge in [0.1, 0.15) is 12.4 Å². The van der Waals surface area contributed by atoms with Crippen LogP contribution in [0, 0.1) is 17.8 Å². The number of esters is 1. The molecule has 35 heavy (non-hydrogen) atoms. The Kier molecular flexibility index (Phi) is 7.05. The summed E-state index contributed by atoms with van der Waals surface area (Å²) in [6, 6.07) is 15.5. The van der Waals surface area contributed by atoms with E-state index in [9.17, 15) is 9.59 Å². The number of ketones is 1. The Bertz CT molecular complexity index is 1050. The normalized spacial score (nSPS) is 26.7. The van der Waals surface area contributed by atoms with Gasteiger partial charge in [-0.15, -0.1) is 0 Å². The number of hydrogen-bond acceptors (Lipinski definition) is 5. The Balaban J connectivity index is 1.14. The lowest BCUT2D eigenvalue weighted by Crippen LogP contribution is -2.48. The number of ether oxygens (including phenoxy) is 3. The molecular weight excluding hydrogens is 440 g/mol. The first kappa shape index (κ1) is 23.8. The zero-order chi connectivity index (χ0) is 24.3. The third-order valence-electron chi connectivity index (χ3n) is 8.02. The summed E-state index contributed by atoms with van der Waals surface area (Å²) < 4.78 is 15.7. The van der Waals surface area contributed by atoms with E-state index in [1.807, 2.05) is 18.2 Å². The van der Waals surface area contributed by atoms with E-state index < -0.39 is 5.97 Å². The summed E-state index contributed by atoms with van der Waals surface area (Å²) in [5.74, 6) is 2.99. The summed E-state index contributed by atoms with van der Waals surface area (Å²) in [7, 11) is 1.55. The molecule has 2 aromatic rings. The smallest absolute Gasteiger partial charge is 0.338 e.